The average molecular weight is 309 g/mol. The van der Waals surface area contributed by atoms with Gasteiger partial charge in [0.1, 0.15) is 0 Å². The summed E-state index contributed by atoms with van der Waals surface area (Å²) in [5.41, 5.74) is 4.29. The van der Waals surface area contributed by atoms with Crippen molar-refractivity contribution in [2.24, 2.45) is 5.92 Å². The van der Waals surface area contributed by atoms with Crippen molar-refractivity contribution in [2.75, 3.05) is 0 Å². The van der Waals surface area contributed by atoms with Crippen LogP contribution in [-0.4, -0.2) is 20.2 Å². The molecule has 0 aromatic heterocycles. The highest BCUT2D eigenvalue weighted by Gasteiger charge is 2.50. The monoisotopic (exact) mass is 308 g/mol. The molecule has 2 nitrogen and oxygen atoms in total. The maximum atomic E-state index is 12.0. The molecule has 1 fully saturated rings. The highest BCUT2D eigenvalue weighted by atomic mass is 28.4. The van der Waals surface area contributed by atoms with Crippen molar-refractivity contribution < 1.29 is 9.22 Å². The number of rotatable bonds is 5. The maximum absolute atomic E-state index is 12.0. The van der Waals surface area contributed by atoms with E-state index in [1.165, 1.54) is 5.57 Å². The number of hydrogen-bond donors (Lipinski definition) is 0. The molecule has 2 aliphatic carbocycles. The van der Waals surface area contributed by atoms with E-state index in [-0.39, 0.29) is 0 Å². The number of carbonyl (C=O) groups excluding carboxylic acids is 1. The van der Waals surface area contributed by atoms with Gasteiger partial charge in [0.05, 0.1) is 6.10 Å². The summed E-state index contributed by atoms with van der Waals surface area (Å²) < 4.78 is 6.95. The first-order chi connectivity index (χ1) is 9.71. The summed E-state index contributed by atoms with van der Waals surface area (Å²) in [6.07, 6.45) is 3.18. The van der Waals surface area contributed by atoms with E-state index >= 15 is 0 Å². The van der Waals surface area contributed by atoms with E-state index in [2.05, 4.69) is 41.5 Å². The Morgan fingerprint density at radius 3 is 2.05 bits per heavy atom. The number of hydrogen-bond acceptors (Lipinski definition) is 2. The topological polar surface area (TPSA) is 26.3 Å². The maximum Gasteiger partial charge on any atom is 0.200 e. The van der Waals surface area contributed by atoms with Gasteiger partial charge in [0.2, 0.25) is 8.32 Å². The zero-order chi connectivity index (χ0) is 15.9. The van der Waals surface area contributed by atoms with Crippen molar-refractivity contribution in [1.29, 1.82) is 0 Å². The van der Waals surface area contributed by atoms with Crippen LogP contribution in [0.4, 0.5) is 0 Å². The van der Waals surface area contributed by atoms with E-state index in [1.807, 2.05) is 6.92 Å². The van der Waals surface area contributed by atoms with Crippen LogP contribution in [0.3, 0.4) is 0 Å². The highest BCUT2D eigenvalue weighted by molar-refractivity contribution is 6.77. The van der Waals surface area contributed by atoms with Gasteiger partial charge < -0.3 is 4.43 Å². The van der Waals surface area contributed by atoms with Crippen LogP contribution in [0, 0.1) is 5.92 Å². The molecule has 0 bridgehead atoms. The van der Waals surface area contributed by atoms with Gasteiger partial charge in [0.15, 0.2) is 5.78 Å². The molecule has 0 aromatic carbocycles. The van der Waals surface area contributed by atoms with Gasteiger partial charge >= 0.3 is 0 Å². The molecule has 2 atom stereocenters. The third-order valence-corrected chi connectivity index (χ3v) is 12.1. The molecule has 0 aliphatic heterocycles. The van der Waals surface area contributed by atoms with Crippen molar-refractivity contribution in [2.45, 2.75) is 90.5 Å². The van der Waals surface area contributed by atoms with Gasteiger partial charge in [-0.1, -0.05) is 47.1 Å². The third kappa shape index (κ3) is 2.68. The van der Waals surface area contributed by atoms with Crippen LogP contribution in [0.2, 0.25) is 16.6 Å². The number of fused-ring (bicyclic) bond motifs is 1. The van der Waals surface area contributed by atoms with E-state index in [0.717, 1.165) is 18.4 Å². The lowest BCUT2D eigenvalue weighted by Crippen LogP contribution is -2.50. The minimum absolute atomic E-state index is 0.292. The van der Waals surface area contributed by atoms with E-state index in [9.17, 15) is 4.79 Å². The zero-order valence-electron chi connectivity index (χ0n) is 14.8. The minimum Gasteiger partial charge on any atom is -0.413 e. The average Bonchev–Trinajstić information content (AvgIpc) is 2.87. The third-order valence-electron chi connectivity index (χ3n) is 5.96. The second kappa shape index (κ2) is 6.00. The van der Waals surface area contributed by atoms with Crippen LogP contribution < -0.4 is 0 Å². The number of carbonyl (C=O) groups is 1. The predicted molar refractivity (Wildman–Crippen MR) is 91.0 cm³/mol. The fourth-order valence-electron chi connectivity index (χ4n) is 4.97. The summed E-state index contributed by atoms with van der Waals surface area (Å²) in [6.45, 7) is 16.0. The van der Waals surface area contributed by atoms with Crippen LogP contribution in [0.5, 0.6) is 0 Å². The van der Waals surface area contributed by atoms with Crippen LogP contribution in [0.1, 0.15) is 67.7 Å². The van der Waals surface area contributed by atoms with Gasteiger partial charge in [-0.25, -0.2) is 0 Å². The molecule has 1 saturated carbocycles. The molecular formula is C18H32O2Si. The molecule has 3 heteroatoms. The Hall–Kier alpha value is -0.413. The van der Waals surface area contributed by atoms with E-state index in [1.54, 1.807) is 0 Å². The summed E-state index contributed by atoms with van der Waals surface area (Å²) >= 11 is 0. The van der Waals surface area contributed by atoms with Gasteiger partial charge in [-0.3, -0.25) is 4.79 Å². The van der Waals surface area contributed by atoms with Crippen molar-refractivity contribution in [3.8, 4) is 0 Å². The smallest absolute Gasteiger partial charge is 0.200 e. The highest BCUT2D eigenvalue weighted by Crippen LogP contribution is 2.49. The zero-order valence-corrected chi connectivity index (χ0v) is 15.8. The summed E-state index contributed by atoms with van der Waals surface area (Å²) in [5.74, 6) is 0.745. The molecule has 0 N–H and O–H groups in total. The largest absolute Gasteiger partial charge is 0.413 e. The fourth-order valence-corrected chi connectivity index (χ4v) is 10.6. The molecule has 21 heavy (non-hydrogen) atoms. The van der Waals surface area contributed by atoms with Crippen molar-refractivity contribution in [3.05, 3.63) is 11.1 Å². The minimum atomic E-state index is -1.83. The molecule has 0 aromatic rings. The SMILES string of the molecule is CC1=C2CC[C@H](O[Si](C(C)C)(C(C)C)C(C)C)[C@@H]2CC1=O. The van der Waals surface area contributed by atoms with E-state index in [0.29, 0.717) is 40.8 Å². The number of ketones is 1. The van der Waals surface area contributed by atoms with E-state index < -0.39 is 8.32 Å². The van der Waals surface area contributed by atoms with Gasteiger partial charge in [-0.05, 0) is 42.0 Å². The van der Waals surface area contributed by atoms with E-state index in [4.69, 9.17) is 4.43 Å². The molecule has 0 radical (unpaired) electrons. The summed E-state index contributed by atoms with van der Waals surface area (Å²) in [6, 6.07) is 0. The molecule has 0 saturated heterocycles. The fraction of sp³-hybridized carbons (Fsp3) is 0.833. The van der Waals surface area contributed by atoms with Gasteiger partial charge in [0, 0.05) is 12.3 Å². The van der Waals surface area contributed by atoms with Crippen LogP contribution in [0.25, 0.3) is 0 Å². The molecule has 0 unspecified atom stereocenters. The summed E-state index contributed by atoms with van der Waals surface area (Å²) in [4.78, 5) is 12.0. The Labute approximate surface area is 131 Å². The normalized spacial score (nSPS) is 26.7. The van der Waals surface area contributed by atoms with Crippen LogP contribution >= 0.6 is 0 Å². The second-order valence-corrected chi connectivity index (χ2v) is 13.3. The quantitative estimate of drug-likeness (QED) is 0.649. The van der Waals surface area contributed by atoms with Gasteiger partial charge in [-0.2, -0.15) is 0 Å². The molecule has 2 rings (SSSR count). The van der Waals surface area contributed by atoms with Gasteiger partial charge in [-0.15, -0.1) is 0 Å². The first-order valence-electron chi connectivity index (χ1n) is 8.62. The van der Waals surface area contributed by atoms with Crippen LogP contribution in [-0.2, 0) is 9.22 Å². The Kier molecular flexibility index (Phi) is 4.84. The molecule has 120 valence electrons. The molecular weight excluding hydrogens is 276 g/mol. The van der Waals surface area contributed by atoms with Crippen molar-refractivity contribution in [1.82, 2.24) is 0 Å². The Morgan fingerprint density at radius 1 is 1.05 bits per heavy atom. The first-order valence-corrected chi connectivity index (χ1v) is 10.8. The second-order valence-electron chi connectivity index (χ2n) is 7.90. The van der Waals surface area contributed by atoms with Crippen molar-refractivity contribution in [3.63, 3.8) is 0 Å². The molecule has 2 aliphatic rings. The summed E-state index contributed by atoms with van der Waals surface area (Å²) in [5, 5.41) is 0. The molecule has 0 amide bonds. The first kappa shape index (κ1) is 16.9. The van der Waals surface area contributed by atoms with Crippen molar-refractivity contribution >= 4 is 14.1 Å². The Balaban J connectivity index is 2.26. The molecule has 0 heterocycles. The van der Waals surface area contributed by atoms with Gasteiger partial charge in [0.25, 0.3) is 0 Å². The Bertz CT molecular complexity index is 426. The number of allylic oxidation sites excluding steroid dienone is 1. The molecule has 0 spiro atoms. The lowest BCUT2D eigenvalue weighted by atomic mass is 10.0. The lowest BCUT2D eigenvalue weighted by molar-refractivity contribution is -0.115. The lowest BCUT2D eigenvalue weighted by Gasteiger charge is -2.45. The Morgan fingerprint density at radius 2 is 1.57 bits per heavy atom. The standard InChI is InChI=1S/C18H32O2Si/c1-11(2)21(12(3)4,13(5)6)20-18-9-8-15-14(7)17(19)10-16(15)18/h11-13,16,18H,8-10H2,1-7H3/t16-,18+/m1/s1. The van der Waals surface area contributed by atoms with Crippen LogP contribution in [0.15, 0.2) is 11.1 Å². The summed E-state index contributed by atoms with van der Waals surface area (Å²) in [7, 11) is -1.83. The number of Topliss-reactive ketones (excluding diaryl/α,β-unsaturated/α-hetero) is 1. The predicted octanol–water partition coefficient (Wildman–Crippen LogP) is 5.25.